The van der Waals surface area contributed by atoms with E-state index in [9.17, 15) is 0 Å². The summed E-state index contributed by atoms with van der Waals surface area (Å²) in [6.07, 6.45) is 2.69. The first-order valence-corrected chi connectivity index (χ1v) is 7.42. The normalized spacial score (nSPS) is 12.7. The summed E-state index contributed by atoms with van der Waals surface area (Å²) in [6, 6.07) is 15.1. The number of nitrogens with one attached hydrogen (secondary N) is 1. The highest BCUT2D eigenvalue weighted by atomic mass is 16.4. The first-order valence-electron chi connectivity index (χ1n) is 7.42. The highest BCUT2D eigenvalue weighted by Gasteiger charge is 2.10. The molecule has 3 nitrogen and oxygen atoms in total. The molecular weight excluding hydrogens is 260 g/mol. The molecule has 1 N–H and O–H groups in total. The maximum Gasteiger partial charge on any atom is 0.208 e. The lowest BCUT2D eigenvalue weighted by Crippen LogP contribution is -2.18. The highest BCUT2D eigenvalue weighted by molar-refractivity contribution is 5.86. The van der Waals surface area contributed by atoms with Crippen molar-refractivity contribution in [3.05, 3.63) is 65.9 Å². The Morgan fingerprint density at radius 2 is 1.95 bits per heavy atom. The number of hydrogen-bond donors (Lipinski definition) is 1. The third-order valence-electron chi connectivity index (χ3n) is 3.80. The van der Waals surface area contributed by atoms with Crippen LogP contribution < -0.4 is 5.32 Å². The first-order chi connectivity index (χ1) is 10.3. The second-order valence-electron chi connectivity index (χ2n) is 5.24. The maximum absolute atomic E-state index is 5.63. The highest BCUT2D eigenvalue weighted by Crippen LogP contribution is 2.24. The number of nitrogens with zero attached hydrogens (tertiary/aromatic N) is 1. The van der Waals surface area contributed by atoms with Crippen molar-refractivity contribution in [2.75, 3.05) is 0 Å². The fourth-order valence-corrected chi connectivity index (χ4v) is 2.57. The van der Waals surface area contributed by atoms with Gasteiger partial charge in [-0.3, -0.25) is 0 Å². The first kappa shape index (κ1) is 13.8. The van der Waals surface area contributed by atoms with Crippen molar-refractivity contribution in [3.63, 3.8) is 0 Å². The number of rotatable bonds is 5. The van der Waals surface area contributed by atoms with Crippen molar-refractivity contribution in [1.29, 1.82) is 0 Å². The Morgan fingerprint density at radius 1 is 1.14 bits per heavy atom. The predicted molar refractivity (Wildman–Crippen MR) is 85.1 cm³/mol. The molecule has 0 spiro atoms. The average Bonchev–Trinajstić information content (AvgIpc) is 3.00. The number of aromatic nitrogens is 1. The van der Waals surface area contributed by atoms with Crippen LogP contribution in [0, 0.1) is 0 Å². The molecule has 3 rings (SSSR count). The van der Waals surface area contributed by atoms with Gasteiger partial charge in [-0.15, -0.1) is 0 Å². The molecular formula is C18H20N2O. The number of fused-ring (bicyclic) bond motifs is 1. The summed E-state index contributed by atoms with van der Waals surface area (Å²) in [4.78, 5) is 4.29. The minimum atomic E-state index is 0.244. The lowest BCUT2D eigenvalue weighted by atomic mass is 10.00. The Hall–Kier alpha value is -2.13. The Kier molecular flexibility index (Phi) is 4.02. The van der Waals surface area contributed by atoms with Crippen LogP contribution in [0.15, 0.2) is 53.1 Å². The van der Waals surface area contributed by atoms with Gasteiger partial charge in [-0.2, -0.15) is 0 Å². The molecule has 1 unspecified atom stereocenters. The molecule has 0 saturated carbocycles. The van der Waals surface area contributed by atoms with E-state index in [0.29, 0.717) is 6.54 Å². The molecule has 108 valence electrons. The van der Waals surface area contributed by atoms with Gasteiger partial charge in [-0.1, -0.05) is 49.4 Å². The number of hydrogen-bond acceptors (Lipinski definition) is 3. The topological polar surface area (TPSA) is 38.1 Å². The van der Waals surface area contributed by atoms with Crippen LogP contribution in [0.2, 0.25) is 0 Å². The molecule has 1 atom stereocenters. The van der Waals surface area contributed by atoms with Crippen molar-refractivity contribution in [3.8, 4) is 0 Å². The third-order valence-corrected chi connectivity index (χ3v) is 3.80. The summed E-state index contributed by atoms with van der Waals surface area (Å²) in [5.41, 5.74) is 1.30. The minimum absolute atomic E-state index is 0.244. The smallest absolute Gasteiger partial charge is 0.208 e. The third kappa shape index (κ3) is 2.98. The van der Waals surface area contributed by atoms with Gasteiger partial charge in [0.15, 0.2) is 0 Å². The second kappa shape index (κ2) is 6.10. The largest absolute Gasteiger partial charge is 0.444 e. The summed E-state index contributed by atoms with van der Waals surface area (Å²) < 4.78 is 5.63. The van der Waals surface area contributed by atoms with Gasteiger partial charge in [0.1, 0.15) is 5.76 Å². The van der Waals surface area contributed by atoms with E-state index in [0.717, 1.165) is 18.1 Å². The van der Waals surface area contributed by atoms with Gasteiger partial charge in [0.05, 0.1) is 12.7 Å². The van der Waals surface area contributed by atoms with Gasteiger partial charge < -0.3 is 9.73 Å². The Balaban J connectivity index is 1.76. The fourth-order valence-electron chi connectivity index (χ4n) is 2.57. The molecule has 21 heavy (non-hydrogen) atoms. The average molecular weight is 280 g/mol. The number of aryl methyl sites for hydroxylation is 1. The molecule has 3 heteroatoms. The fraction of sp³-hybridized carbons (Fsp3) is 0.278. The molecule has 0 aliphatic heterocycles. The molecule has 0 bridgehead atoms. The van der Waals surface area contributed by atoms with Crippen LogP contribution in [-0.2, 0) is 13.0 Å². The predicted octanol–water partition coefficient (Wildman–Crippen LogP) is 4.24. The van der Waals surface area contributed by atoms with Crippen molar-refractivity contribution in [2.45, 2.75) is 32.9 Å². The summed E-state index contributed by atoms with van der Waals surface area (Å²) in [6.45, 7) is 4.88. The van der Waals surface area contributed by atoms with E-state index in [1.165, 1.54) is 16.3 Å². The van der Waals surface area contributed by atoms with Crippen molar-refractivity contribution in [2.24, 2.45) is 0 Å². The maximum atomic E-state index is 5.63. The SMILES string of the molecule is CCc1cnc(CNC(C)c2cccc3ccccc23)o1. The zero-order valence-electron chi connectivity index (χ0n) is 12.5. The van der Waals surface area contributed by atoms with Crippen LogP contribution in [0.1, 0.15) is 37.1 Å². The number of benzene rings is 2. The zero-order chi connectivity index (χ0) is 14.7. The molecule has 2 aromatic carbocycles. The van der Waals surface area contributed by atoms with Gasteiger partial charge in [-0.05, 0) is 23.3 Å². The van der Waals surface area contributed by atoms with E-state index in [-0.39, 0.29) is 6.04 Å². The summed E-state index contributed by atoms with van der Waals surface area (Å²) in [7, 11) is 0. The molecule has 1 aromatic heterocycles. The van der Waals surface area contributed by atoms with E-state index in [1.54, 1.807) is 6.20 Å². The molecule has 1 heterocycles. The van der Waals surface area contributed by atoms with E-state index in [1.807, 2.05) is 0 Å². The van der Waals surface area contributed by atoms with Crippen LogP contribution in [0.3, 0.4) is 0 Å². The standard InChI is InChI=1S/C18H20N2O/c1-3-15-11-20-18(21-15)12-19-13(2)16-10-6-8-14-7-4-5-9-17(14)16/h4-11,13,19H,3,12H2,1-2H3. The van der Waals surface area contributed by atoms with Crippen molar-refractivity contribution in [1.82, 2.24) is 10.3 Å². The van der Waals surface area contributed by atoms with Crippen LogP contribution in [-0.4, -0.2) is 4.98 Å². The van der Waals surface area contributed by atoms with Crippen LogP contribution in [0.25, 0.3) is 10.8 Å². The Morgan fingerprint density at radius 3 is 2.76 bits per heavy atom. The quantitative estimate of drug-likeness (QED) is 0.759. The van der Waals surface area contributed by atoms with E-state index >= 15 is 0 Å². The second-order valence-corrected chi connectivity index (χ2v) is 5.24. The van der Waals surface area contributed by atoms with Crippen LogP contribution in [0.5, 0.6) is 0 Å². The van der Waals surface area contributed by atoms with Crippen molar-refractivity contribution < 1.29 is 4.42 Å². The van der Waals surface area contributed by atoms with E-state index in [4.69, 9.17) is 4.42 Å². The molecule has 0 amide bonds. The number of oxazole rings is 1. The molecule has 3 aromatic rings. The Bertz CT molecular complexity index is 727. The monoisotopic (exact) mass is 280 g/mol. The minimum Gasteiger partial charge on any atom is -0.444 e. The molecule has 0 aliphatic rings. The molecule has 0 aliphatic carbocycles. The molecule has 0 radical (unpaired) electrons. The van der Waals surface area contributed by atoms with E-state index in [2.05, 4.69) is 66.6 Å². The van der Waals surface area contributed by atoms with E-state index < -0.39 is 0 Å². The van der Waals surface area contributed by atoms with Gasteiger partial charge in [0.2, 0.25) is 5.89 Å². The van der Waals surface area contributed by atoms with Gasteiger partial charge in [-0.25, -0.2) is 4.98 Å². The summed E-state index contributed by atoms with van der Waals surface area (Å²) in [5, 5.41) is 6.05. The van der Waals surface area contributed by atoms with Crippen LogP contribution in [0.4, 0.5) is 0 Å². The summed E-state index contributed by atoms with van der Waals surface area (Å²) in [5.74, 6) is 1.68. The van der Waals surface area contributed by atoms with Gasteiger partial charge in [0, 0.05) is 12.5 Å². The lowest BCUT2D eigenvalue weighted by Gasteiger charge is -2.15. The Labute approximate surface area is 125 Å². The zero-order valence-corrected chi connectivity index (χ0v) is 12.5. The van der Waals surface area contributed by atoms with Gasteiger partial charge >= 0.3 is 0 Å². The van der Waals surface area contributed by atoms with Crippen molar-refractivity contribution >= 4 is 10.8 Å². The van der Waals surface area contributed by atoms with Gasteiger partial charge in [0.25, 0.3) is 0 Å². The van der Waals surface area contributed by atoms with Crippen LogP contribution >= 0.6 is 0 Å². The molecule has 0 fully saturated rings. The summed E-state index contributed by atoms with van der Waals surface area (Å²) >= 11 is 0. The lowest BCUT2D eigenvalue weighted by molar-refractivity contribution is 0.424. The molecule has 0 saturated heterocycles.